The van der Waals surface area contributed by atoms with E-state index in [0.717, 1.165) is 6.42 Å². The van der Waals surface area contributed by atoms with Gasteiger partial charge in [-0.1, -0.05) is 24.3 Å². The molecule has 102 valence electrons. The van der Waals surface area contributed by atoms with Crippen LogP contribution in [0, 0.1) is 0 Å². The van der Waals surface area contributed by atoms with Crippen LogP contribution in [0.15, 0.2) is 36.7 Å². The van der Waals surface area contributed by atoms with Gasteiger partial charge in [0.1, 0.15) is 11.5 Å². The van der Waals surface area contributed by atoms with Crippen LogP contribution in [0.2, 0.25) is 0 Å². The summed E-state index contributed by atoms with van der Waals surface area (Å²) < 4.78 is 0. The number of amides is 1. The normalized spacial score (nSPS) is 15.9. The van der Waals surface area contributed by atoms with Crippen molar-refractivity contribution in [3.63, 3.8) is 0 Å². The quantitative estimate of drug-likeness (QED) is 0.883. The van der Waals surface area contributed by atoms with E-state index in [-0.39, 0.29) is 5.91 Å². The number of rotatable bonds is 4. The van der Waals surface area contributed by atoms with E-state index in [1.54, 1.807) is 13.2 Å². The lowest BCUT2D eigenvalue weighted by Crippen LogP contribution is -2.33. The van der Waals surface area contributed by atoms with Gasteiger partial charge in [0, 0.05) is 19.5 Å². The zero-order valence-corrected chi connectivity index (χ0v) is 11.3. The largest absolute Gasteiger partial charge is 0.372 e. The zero-order chi connectivity index (χ0) is 13.9. The van der Waals surface area contributed by atoms with Crippen LogP contribution in [0.25, 0.3) is 0 Å². The Labute approximate surface area is 117 Å². The molecule has 0 saturated heterocycles. The third-order valence-corrected chi connectivity index (χ3v) is 3.59. The molecule has 3 rings (SSSR count). The number of fused-ring (bicyclic) bond motifs is 1. The second-order valence-electron chi connectivity index (χ2n) is 4.85. The lowest BCUT2D eigenvalue weighted by atomic mass is 9.77. The van der Waals surface area contributed by atoms with Crippen molar-refractivity contribution in [3.8, 4) is 0 Å². The standard InChI is InChI=1S/C15H16N4O/c1-16-14-9-17-8-13(19-14)15(20)18-7-11-6-10-4-2-3-5-12(10)11/h2-5,8-9,11H,6-7H2,1H3,(H,16,19)(H,18,20). The maximum atomic E-state index is 12.0. The average Bonchev–Trinajstić information content (AvgIpc) is 2.48. The van der Waals surface area contributed by atoms with Gasteiger partial charge in [-0.15, -0.1) is 0 Å². The van der Waals surface area contributed by atoms with Crippen molar-refractivity contribution in [2.45, 2.75) is 12.3 Å². The summed E-state index contributed by atoms with van der Waals surface area (Å²) in [4.78, 5) is 20.2. The molecule has 0 saturated carbocycles. The Morgan fingerprint density at radius 1 is 1.35 bits per heavy atom. The van der Waals surface area contributed by atoms with Gasteiger partial charge in [-0.3, -0.25) is 9.78 Å². The highest BCUT2D eigenvalue weighted by atomic mass is 16.1. The number of anilines is 1. The Morgan fingerprint density at radius 2 is 2.20 bits per heavy atom. The van der Waals surface area contributed by atoms with Gasteiger partial charge in [-0.05, 0) is 17.5 Å². The lowest BCUT2D eigenvalue weighted by Gasteiger charge is -2.30. The fourth-order valence-electron chi connectivity index (χ4n) is 2.45. The Morgan fingerprint density at radius 3 is 3.00 bits per heavy atom. The third-order valence-electron chi connectivity index (χ3n) is 3.59. The maximum Gasteiger partial charge on any atom is 0.271 e. The maximum absolute atomic E-state index is 12.0. The van der Waals surface area contributed by atoms with Crippen LogP contribution in [-0.4, -0.2) is 29.5 Å². The van der Waals surface area contributed by atoms with E-state index in [1.807, 2.05) is 12.1 Å². The molecular formula is C15H16N4O. The smallest absolute Gasteiger partial charge is 0.271 e. The first-order valence-corrected chi connectivity index (χ1v) is 6.63. The first-order valence-electron chi connectivity index (χ1n) is 6.63. The summed E-state index contributed by atoms with van der Waals surface area (Å²) in [6, 6.07) is 8.34. The highest BCUT2D eigenvalue weighted by Crippen LogP contribution is 2.33. The number of hydrogen-bond acceptors (Lipinski definition) is 4. The average molecular weight is 268 g/mol. The summed E-state index contributed by atoms with van der Waals surface area (Å²) in [5.41, 5.74) is 3.05. The van der Waals surface area contributed by atoms with Crippen molar-refractivity contribution in [1.29, 1.82) is 0 Å². The summed E-state index contributed by atoms with van der Waals surface area (Å²) in [6.45, 7) is 0.640. The molecule has 1 aromatic heterocycles. The van der Waals surface area contributed by atoms with Crippen molar-refractivity contribution >= 4 is 11.7 Å². The molecule has 0 spiro atoms. The molecule has 1 amide bonds. The molecule has 1 unspecified atom stereocenters. The first kappa shape index (κ1) is 12.6. The lowest BCUT2D eigenvalue weighted by molar-refractivity contribution is 0.0945. The van der Waals surface area contributed by atoms with Crippen molar-refractivity contribution in [1.82, 2.24) is 15.3 Å². The summed E-state index contributed by atoms with van der Waals surface area (Å²) in [5, 5.41) is 5.79. The van der Waals surface area contributed by atoms with Gasteiger partial charge in [-0.2, -0.15) is 0 Å². The topological polar surface area (TPSA) is 66.9 Å². The van der Waals surface area contributed by atoms with Gasteiger partial charge in [-0.25, -0.2) is 4.98 Å². The predicted molar refractivity (Wildman–Crippen MR) is 76.8 cm³/mol. The van der Waals surface area contributed by atoms with E-state index in [1.165, 1.54) is 17.3 Å². The molecule has 1 aliphatic carbocycles. The molecule has 0 radical (unpaired) electrons. The molecule has 5 heteroatoms. The van der Waals surface area contributed by atoms with Gasteiger partial charge in [0.2, 0.25) is 0 Å². The number of carbonyl (C=O) groups excluding carboxylic acids is 1. The SMILES string of the molecule is CNc1cncc(C(=O)NCC2Cc3ccccc32)n1. The number of nitrogens with zero attached hydrogens (tertiary/aromatic N) is 2. The highest BCUT2D eigenvalue weighted by molar-refractivity contribution is 5.92. The highest BCUT2D eigenvalue weighted by Gasteiger charge is 2.25. The molecule has 5 nitrogen and oxygen atoms in total. The monoisotopic (exact) mass is 268 g/mol. The molecule has 1 heterocycles. The van der Waals surface area contributed by atoms with Crippen LogP contribution in [0.5, 0.6) is 0 Å². The molecule has 2 N–H and O–H groups in total. The molecule has 1 aliphatic rings. The molecule has 1 aromatic carbocycles. The van der Waals surface area contributed by atoms with Crippen molar-refractivity contribution in [2.24, 2.45) is 0 Å². The molecule has 2 aromatic rings. The molecule has 1 atom stereocenters. The predicted octanol–water partition coefficient (Wildman–Crippen LogP) is 1.59. The van der Waals surface area contributed by atoms with Crippen LogP contribution in [0.1, 0.15) is 27.5 Å². The fraction of sp³-hybridized carbons (Fsp3) is 0.267. The third kappa shape index (κ3) is 2.34. The van der Waals surface area contributed by atoms with Gasteiger partial charge in [0.15, 0.2) is 0 Å². The molecular weight excluding hydrogens is 252 g/mol. The molecule has 20 heavy (non-hydrogen) atoms. The number of benzene rings is 1. The minimum Gasteiger partial charge on any atom is -0.372 e. The van der Waals surface area contributed by atoms with Crippen LogP contribution in [0.4, 0.5) is 5.82 Å². The van der Waals surface area contributed by atoms with E-state index in [9.17, 15) is 4.79 Å². The van der Waals surface area contributed by atoms with Crippen LogP contribution < -0.4 is 10.6 Å². The van der Waals surface area contributed by atoms with Crippen molar-refractivity contribution in [3.05, 3.63) is 53.5 Å². The van der Waals surface area contributed by atoms with Gasteiger partial charge < -0.3 is 10.6 Å². The minimum absolute atomic E-state index is 0.181. The summed E-state index contributed by atoms with van der Waals surface area (Å²) >= 11 is 0. The first-order chi connectivity index (χ1) is 9.78. The number of hydrogen-bond donors (Lipinski definition) is 2. The summed E-state index contributed by atoms with van der Waals surface area (Å²) in [5.74, 6) is 0.821. The second-order valence-corrected chi connectivity index (χ2v) is 4.85. The van der Waals surface area contributed by atoms with Gasteiger partial charge >= 0.3 is 0 Å². The van der Waals surface area contributed by atoms with Gasteiger partial charge in [0.05, 0.1) is 12.4 Å². The molecule has 0 aliphatic heterocycles. The number of nitrogens with one attached hydrogen (secondary N) is 2. The number of carbonyl (C=O) groups is 1. The van der Waals surface area contributed by atoms with Crippen LogP contribution >= 0.6 is 0 Å². The Balaban J connectivity index is 1.61. The van der Waals surface area contributed by atoms with E-state index < -0.39 is 0 Å². The zero-order valence-electron chi connectivity index (χ0n) is 11.3. The Kier molecular flexibility index (Phi) is 3.33. The van der Waals surface area contributed by atoms with E-state index in [0.29, 0.717) is 24.0 Å². The van der Waals surface area contributed by atoms with Gasteiger partial charge in [0.25, 0.3) is 5.91 Å². The summed E-state index contributed by atoms with van der Waals surface area (Å²) in [7, 11) is 1.75. The fourth-order valence-corrected chi connectivity index (χ4v) is 2.45. The Hall–Kier alpha value is -2.43. The Bertz CT molecular complexity index is 641. The number of aromatic nitrogens is 2. The molecule has 0 bridgehead atoms. The molecule has 0 fully saturated rings. The minimum atomic E-state index is -0.181. The van der Waals surface area contributed by atoms with Crippen molar-refractivity contribution < 1.29 is 4.79 Å². The van der Waals surface area contributed by atoms with Crippen LogP contribution in [0.3, 0.4) is 0 Å². The second kappa shape index (κ2) is 5.28. The van der Waals surface area contributed by atoms with E-state index in [2.05, 4.69) is 32.7 Å². The van der Waals surface area contributed by atoms with E-state index >= 15 is 0 Å². The summed E-state index contributed by atoms with van der Waals surface area (Å²) in [6.07, 6.45) is 4.09. The van der Waals surface area contributed by atoms with Crippen LogP contribution in [-0.2, 0) is 6.42 Å². The van der Waals surface area contributed by atoms with E-state index in [4.69, 9.17) is 0 Å². The van der Waals surface area contributed by atoms with Crippen molar-refractivity contribution in [2.75, 3.05) is 18.9 Å².